The minimum atomic E-state index is -0.753. The van der Waals surface area contributed by atoms with Crippen LogP contribution in [0.25, 0.3) is 0 Å². The summed E-state index contributed by atoms with van der Waals surface area (Å²) in [7, 11) is 0. The van der Waals surface area contributed by atoms with Gasteiger partial charge in [0.05, 0.1) is 10.7 Å². The van der Waals surface area contributed by atoms with Crippen LogP contribution < -0.4 is 5.73 Å². The van der Waals surface area contributed by atoms with Crippen LogP contribution >= 0.6 is 27.3 Å². The van der Waals surface area contributed by atoms with Crippen LogP contribution in [0.4, 0.5) is 8.78 Å². The van der Waals surface area contributed by atoms with Gasteiger partial charge in [-0.1, -0.05) is 36.7 Å². The minimum absolute atomic E-state index is 0.0487. The van der Waals surface area contributed by atoms with Gasteiger partial charge in [0.1, 0.15) is 11.6 Å². The Balaban J connectivity index is 2.22. The fourth-order valence-corrected chi connectivity index (χ4v) is 3.43. The molecule has 0 fully saturated rings. The van der Waals surface area contributed by atoms with Gasteiger partial charge in [0.15, 0.2) is 0 Å². The molecule has 0 radical (unpaired) electrons. The normalized spacial score (nSPS) is 13.5. The van der Waals surface area contributed by atoms with Crippen molar-refractivity contribution < 1.29 is 8.78 Å². The van der Waals surface area contributed by atoms with Crippen molar-refractivity contribution in [2.24, 2.45) is 5.73 Å². The quantitative estimate of drug-likeness (QED) is 0.843. The minimum Gasteiger partial charge on any atom is -0.323 e. The lowest BCUT2D eigenvalue weighted by Gasteiger charge is -2.15. The van der Waals surface area contributed by atoms with Crippen molar-refractivity contribution in [3.8, 4) is 0 Å². The molecular weight excluding hydrogens is 358 g/mol. The molecule has 2 N–H and O–H groups in total. The zero-order valence-electron chi connectivity index (χ0n) is 12.1. The molecule has 21 heavy (non-hydrogen) atoms. The van der Waals surface area contributed by atoms with E-state index in [9.17, 15) is 8.78 Å². The summed E-state index contributed by atoms with van der Waals surface area (Å²) < 4.78 is 28.1. The molecular formula is C15H17BrF2N2S. The van der Waals surface area contributed by atoms with Crippen LogP contribution in [-0.2, 0) is 11.8 Å². The Hall–Kier alpha value is -0.850. The maximum Gasteiger partial charge on any atom is 0.132 e. The fourth-order valence-electron chi connectivity index (χ4n) is 1.95. The molecule has 1 unspecified atom stereocenters. The largest absolute Gasteiger partial charge is 0.323 e. The summed E-state index contributed by atoms with van der Waals surface area (Å²) in [6.07, 6.45) is 0.316. The molecule has 1 aromatic carbocycles. The van der Waals surface area contributed by atoms with Gasteiger partial charge in [-0.15, -0.1) is 11.3 Å². The van der Waals surface area contributed by atoms with Crippen molar-refractivity contribution in [2.45, 2.75) is 38.6 Å². The first kappa shape index (κ1) is 16.5. The lowest BCUT2D eigenvalue weighted by molar-refractivity contribution is 0.521. The average molecular weight is 375 g/mol. The summed E-state index contributed by atoms with van der Waals surface area (Å²) in [5, 5.41) is 2.75. The standard InChI is InChI=1S/C15H17BrF2N2S/c1-15(2,3)12-7-21-13(20-12)6-11(19)14-9(17)4-8(16)5-10(14)18/h4-5,7,11H,6,19H2,1-3H3. The Morgan fingerprint density at radius 1 is 1.29 bits per heavy atom. The number of nitrogens with two attached hydrogens (primary N) is 1. The topological polar surface area (TPSA) is 38.9 Å². The van der Waals surface area contributed by atoms with Gasteiger partial charge < -0.3 is 5.73 Å². The van der Waals surface area contributed by atoms with Crippen molar-refractivity contribution >= 4 is 27.3 Å². The van der Waals surface area contributed by atoms with Gasteiger partial charge in [0.25, 0.3) is 0 Å². The first-order valence-electron chi connectivity index (χ1n) is 6.53. The molecule has 0 saturated carbocycles. The van der Waals surface area contributed by atoms with Crippen LogP contribution in [0.3, 0.4) is 0 Å². The number of hydrogen-bond acceptors (Lipinski definition) is 3. The summed E-state index contributed by atoms with van der Waals surface area (Å²) in [4.78, 5) is 4.51. The maximum absolute atomic E-state index is 13.9. The van der Waals surface area contributed by atoms with Crippen LogP contribution in [0.5, 0.6) is 0 Å². The predicted octanol–water partition coefficient (Wildman–Crippen LogP) is 4.72. The number of hydrogen-bond donors (Lipinski definition) is 1. The van der Waals surface area contributed by atoms with E-state index in [0.29, 0.717) is 10.9 Å². The van der Waals surface area contributed by atoms with Crippen molar-refractivity contribution in [1.29, 1.82) is 0 Å². The zero-order valence-corrected chi connectivity index (χ0v) is 14.5. The predicted molar refractivity (Wildman–Crippen MR) is 85.5 cm³/mol. The smallest absolute Gasteiger partial charge is 0.132 e. The van der Waals surface area contributed by atoms with E-state index in [-0.39, 0.29) is 11.0 Å². The summed E-state index contributed by atoms with van der Waals surface area (Å²) in [5.41, 5.74) is 6.79. The molecule has 2 aromatic rings. The van der Waals surface area contributed by atoms with Crippen LogP contribution in [-0.4, -0.2) is 4.98 Å². The Labute approximate surface area is 135 Å². The van der Waals surface area contributed by atoms with E-state index in [1.165, 1.54) is 23.5 Å². The van der Waals surface area contributed by atoms with E-state index in [2.05, 4.69) is 41.7 Å². The molecule has 2 nitrogen and oxygen atoms in total. The number of halogens is 3. The summed E-state index contributed by atoms with van der Waals surface area (Å²) in [5.74, 6) is -1.27. The highest BCUT2D eigenvalue weighted by Crippen LogP contribution is 2.29. The molecule has 1 heterocycles. The van der Waals surface area contributed by atoms with Crippen LogP contribution in [0.1, 0.15) is 43.1 Å². The molecule has 114 valence electrons. The highest BCUT2D eigenvalue weighted by molar-refractivity contribution is 9.10. The van der Waals surface area contributed by atoms with Gasteiger partial charge in [0, 0.05) is 33.3 Å². The molecule has 6 heteroatoms. The monoisotopic (exact) mass is 374 g/mol. The Kier molecular flexibility index (Phi) is 4.80. The fraction of sp³-hybridized carbons (Fsp3) is 0.400. The van der Waals surface area contributed by atoms with E-state index >= 15 is 0 Å². The summed E-state index contributed by atoms with van der Waals surface area (Å²) in [6, 6.07) is 1.69. The highest BCUT2D eigenvalue weighted by Gasteiger charge is 2.21. The second kappa shape index (κ2) is 6.10. The Morgan fingerprint density at radius 2 is 1.86 bits per heavy atom. The number of rotatable bonds is 3. The lowest BCUT2D eigenvalue weighted by Crippen LogP contribution is -2.17. The van der Waals surface area contributed by atoms with Gasteiger partial charge in [-0.05, 0) is 12.1 Å². The lowest BCUT2D eigenvalue weighted by atomic mass is 9.93. The molecule has 0 spiro atoms. The van der Waals surface area contributed by atoms with Crippen molar-refractivity contribution in [3.63, 3.8) is 0 Å². The summed E-state index contributed by atoms with van der Waals surface area (Å²) in [6.45, 7) is 6.21. The molecule has 0 bridgehead atoms. The third-order valence-corrected chi connectivity index (χ3v) is 4.46. The number of nitrogens with zero attached hydrogens (tertiary/aromatic N) is 1. The second-order valence-corrected chi connectivity index (χ2v) is 7.83. The van der Waals surface area contributed by atoms with E-state index in [0.717, 1.165) is 10.7 Å². The molecule has 0 saturated heterocycles. The van der Waals surface area contributed by atoms with E-state index in [1.807, 2.05) is 5.38 Å². The van der Waals surface area contributed by atoms with Gasteiger partial charge in [-0.3, -0.25) is 0 Å². The first-order valence-corrected chi connectivity index (χ1v) is 8.20. The van der Waals surface area contributed by atoms with Gasteiger partial charge >= 0.3 is 0 Å². The number of aromatic nitrogens is 1. The third-order valence-electron chi connectivity index (χ3n) is 3.13. The third kappa shape index (κ3) is 3.87. The molecule has 1 atom stereocenters. The van der Waals surface area contributed by atoms with E-state index in [1.54, 1.807) is 0 Å². The molecule has 2 rings (SSSR count). The van der Waals surface area contributed by atoms with Gasteiger partial charge in [0.2, 0.25) is 0 Å². The van der Waals surface area contributed by atoms with Crippen molar-refractivity contribution in [3.05, 3.63) is 49.9 Å². The van der Waals surface area contributed by atoms with Crippen LogP contribution in [0, 0.1) is 11.6 Å². The zero-order chi connectivity index (χ0) is 15.8. The van der Waals surface area contributed by atoms with E-state index < -0.39 is 17.7 Å². The maximum atomic E-state index is 13.9. The number of benzene rings is 1. The van der Waals surface area contributed by atoms with Crippen molar-refractivity contribution in [1.82, 2.24) is 4.98 Å². The Bertz CT molecular complexity index is 626. The Morgan fingerprint density at radius 3 is 2.33 bits per heavy atom. The molecule has 0 aliphatic heterocycles. The van der Waals surface area contributed by atoms with Gasteiger partial charge in [-0.25, -0.2) is 13.8 Å². The molecule has 1 aromatic heterocycles. The SMILES string of the molecule is CC(C)(C)c1csc(CC(N)c2c(F)cc(Br)cc2F)n1. The summed E-state index contributed by atoms with van der Waals surface area (Å²) >= 11 is 4.53. The second-order valence-electron chi connectivity index (χ2n) is 5.97. The van der Waals surface area contributed by atoms with Crippen LogP contribution in [0.15, 0.2) is 22.0 Å². The number of thiazole rings is 1. The average Bonchev–Trinajstić information content (AvgIpc) is 2.75. The molecule has 0 aliphatic rings. The highest BCUT2D eigenvalue weighted by atomic mass is 79.9. The van der Waals surface area contributed by atoms with E-state index in [4.69, 9.17) is 5.73 Å². The molecule has 0 aliphatic carbocycles. The molecule has 0 amide bonds. The van der Waals surface area contributed by atoms with Crippen molar-refractivity contribution in [2.75, 3.05) is 0 Å². The van der Waals surface area contributed by atoms with Crippen LogP contribution in [0.2, 0.25) is 0 Å². The first-order chi connectivity index (χ1) is 9.68. The van der Waals surface area contributed by atoms with Gasteiger partial charge in [-0.2, -0.15) is 0 Å².